The standard InChI is InChI=1S/C19H21ClN2O2S/c1-13-7-9-15(10-8-13)22-19(24)12-25-11-18(23)21-14(2)16-5-3-4-6-17(16)20/h3-10,14H,11-12H2,1-2H3,(H,21,23)(H,22,24). The molecule has 2 aromatic carbocycles. The van der Waals surface area contributed by atoms with Crippen LogP contribution in [0.3, 0.4) is 0 Å². The molecule has 0 aliphatic carbocycles. The maximum absolute atomic E-state index is 12.0. The van der Waals surface area contributed by atoms with Crippen LogP contribution in [0.1, 0.15) is 24.1 Å². The Hall–Kier alpha value is -1.98. The van der Waals surface area contributed by atoms with Crippen molar-refractivity contribution >= 4 is 40.9 Å². The van der Waals surface area contributed by atoms with Gasteiger partial charge in [0.1, 0.15) is 0 Å². The molecule has 0 radical (unpaired) electrons. The lowest BCUT2D eigenvalue weighted by Crippen LogP contribution is -2.29. The molecule has 132 valence electrons. The van der Waals surface area contributed by atoms with Gasteiger partial charge in [-0.3, -0.25) is 9.59 Å². The second kappa shape index (κ2) is 9.49. The Morgan fingerprint density at radius 3 is 2.36 bits per heavy atom. The van der Waals surface area contributed by atoms with Crippen molar-refractivity contribution in [3.8, 4) is 0 Å². The van der Waals surface area contributed by atoms with E-state index >= 15 is 0 Å². The Labute approximate surface area is 157 Å². The topological polar surface area (TPSA) is 58.2 Å². The quantitative estimate of drug-likeness (QED) is 0.761. The fraction of sp³-hybridized carbons (Fsp3) is 0.263. The first kappa shape index (κ1) is 19.3. The maximum Gasteiger partial charge on any atom is 0.234 e. The third-order valence-electron chi connectivity index (χ3n) is 3.55. The minimum Gasteiger partial charge on any atom is -0.349 e. The van der Waals surface area contributed by atoms with Gasteiger partial charge in [-0.05, 0) is 37.6 Å². The number of hydrogen-bond acceptors (Lipinski definition) is 3. The van der Waals surface area contributed by atoms with E-state index in [9.17, 15) is 9.59 Å². The first-order chi connectivity index (χ1) is 12.0. The minimum absolute atomic E-state index is 0.124. The third kappa shape index (κ3) is 6.44. The lowest BCUT2D eigenvalue weighted by atomic mass is 10.1. The highest BCUT2D eigenvalue weighted by Gasteiger charge is 2.12. The van der Waals surface area contributed by atoms with Gasteiger partial charge in [-0.25, -0.2) is 0 Å². The van der Waals surface area contributed by atoms with Gasteiger partial charge in [0.25, 0.3) is 0 Å². The van der Waals surface area contributed by atoms with Crippen molar-refractivity contribution in [1.29, 1.82) is 0 Å². The van der Waals surface area contributed by atoms with E-state index in [1.165, 1.54) is 11.8 Å². The molecular formula is C19H21ClN2O2S. The Morgan fingerprint density at radius 1 is 1.04 bits per heavy atom. The molecule has 0 spiro atoms. The van der Waals surface area contributed by atoms with E-state index < -0.39 is 0 Å². The monoisotopic (exact) mass is 376 g/mol. The molecule has 0 aliphatic rings. The van der Waals surface area contributed by atoms with Gasteiger partial charge in [0.05, 0.1) is 17.5 Å². The molecule has 4 nitrogen and oxygen atoms in total. The summed E-state index contributed by atoms with van der Waals surface area (Å²) in [6.45, 7) is 3.87. The molecule has 0 saturated heterocycles. The van der Waals surface area contributed by atoms with Gasteiger partial charge in [0.2, 0.25) is 11.8 Å². The summed E-state index contributed by atoms with van der Waals surface area (Å²) >= 11 is 7.40. The molecule has 0 saturated carbocycles. The van der Waals surface area contributed by atoms with Gasteiger partial charge < -0.3 is 10.6 Å². The van der Waals surface area contributed by atoms with Crippen LogP contribution in [0.5, 0.6) is 0 Å². The summed E-state index contributed by atoms with van der Waals surface area (Å²) in [5.41, 5.74) is 2.77. The lowest BCUT2D eigenvalue weighted by Gasteiger charge is -2.15. The second-order valence-corrected chi connectivity index (χ2v) is 7.11. The number of carbonyl (C=O) groups excluding carboxylic acids is 2. The van der Waals surface area contributed by atoms with Crippen molar-refractivity contribution in [3.63, 3.8) is 0 Å². The number of nitrogens with one attached hydrogen (secondary N) is 2. The number of rotatable bonds is 7. The lowest BCUT2D eigenvalue weighted by molar-refractivity contribution is -0.119. The van der Waals surface area contributed by atoms with Crippen LogP contribution in [0.15, 0.2) is 48.5 Å². The van der Waals surface area contributed by atoms with Crippen LogP contribution in [0, 0.1) is 6.92 Å². The molecule has 2 amide bonds. The van der Waals surface area contributed by atoms with Crippen molar-refractivity contribution in [1.82, 2.24) is 5.32 Å². The molecule has 0 aromatic heterocycles. The molecule has 1 unspecified atom stereocenters. The molecule has 25 heavy (non-hydrogen) atoms. The molecule has 0 fully saturated rings. The highest BCUT2D eigenvalue weighted by atomic mass is 35.5. The average molecular weight is 377 g/mol. The van der Waals surface area contributed by atoms with Crippen molar-refractivity contribution in [3.05, 3.63) is 64.7 Å². The average Bonchev–Trinajstić information content (AvgIpc) is 2.57. The van der Waals surface area contributed by atoms with Crippen LogP contribution in [0.4, 0.5) is 5.69 Å². The molecule has 1 atom stereocenters. The van der Waals surface area contributed by atoms with Crippen LogP contribution < -0.4 is 10.6 Å². The van der Waals surface area contributed by atoms with E-state index in [4.69, 9.17) is 11.6 Å². The van der Waals surface area contributed by atoms with E-state index in [0.717, 1.165) is 16.8 Å². The molecule has 0 bridgehead atoms. The first-order valence-electron chi connectivity index (χ1n) is 7.94. The number of aryl methyl sites for hydroxylation is 1. The van der Waals surface area contributed by atoms with Crippen molar-refractivity contribution in [2.75, 3.05) is 16.8 Å². The largest absolute Gasteiger partial charge is 0.349 e. The molecule has 0 heterocycles. The minimum atomic E-state index is -0.178. The van der Waals surface area contributed by atoms with E-state index in [1.54, 1.807) is 6.07 Å². The zero-order chi connectivity index (χ0) is 18.2. The number of benzene rings is 2. The second-order valence-electron chi connectivity index (χ2n) is 5.72. The van der Waals surface area contributed by atoms with E-state index in [1.807, 2.05) is 56.3 Å². The van der Waals surface area contributed by atoms with Crippen molar-refractivity contribution < 1.29 is 9.59 Å². The fourth-order valence-corrected chi connectivity index (χ4v) is 3.19. The third-order valence-corrected chi connectivity index (χ3v) is 4.83. The Bertz CT molecular complexity index is 734. The van der Waals surface area contributed by atoms with Crippen LogP contribution >= 0.6 is 23.4 Å². The number of hydrogen-bond donors (Lipinski definition) is 2. The van der Waals surface area contributed by atoms with E-state index in [0.29, 0.717) is 5.02 Å². The summed E-state index contributed by atoms with van der Waals surface area (Å²) in [6, 6.07) is 14.8. The van der Waals surface area contributed by atoms with Crippen LogP contribution in [0.25, 0.3) is 0 Å². The molecule has 6 heteroatoms. The highest BCUT2D eigenvalue weighted by Crippen LogP contribution is 2.22. The van der Waals surface area contributed by atoms with Crippen LogP contribution in [-0.2, 0) is 9.59 Å². The zero-order valence-corrected chi connectivity index (χ0v) is 15.8. The van der Waals surface area contributed by atoms with Gasteiger partial charge in [-0.15, -0.1) is 11.8 Å². The van der Waals surface area contributed by atoms with Crippen LogP contribution in [-0.4, -0.2) is 23.3 Å². The van der Waals surface area contributed by atoms with Gasteiger partial charge in [0, 0.05) is 10.7 Å². The molecule has 2 aromatic rings. The fourth-order valence-electron chi connectivity index (χ4n) is 2.26. The number of amides is 2. The first-order valence-corrected chi connectivity index (χ1v) is 9.47. The Kier molecular flexibility index (Phi) is 7.34. The smallest absolute Gasteiger partial charge is 0.234 e. The normalized spacial score (nSPS) is 11.6. The molecule has 0 aliphatic heterocycles. The summed E-state index contributed by atoms with van der Waals surface area (Å²) < 4.78 is 0. The summed E-state index contributed by atoms with van der Waals surface area (Å²) in [5.74, 6) is 0.194. The number of thioether (sulfide) groups is 1. The SMILES string of the molecule is Cc1ccc(NC(=O)CSCC(=O)NC(C)c2ccccc2Cl)cc1. The van der Waals surface area contributed by atoms with Gasteiger partial charge in [0.15, 0.2) is 0 Å². The van der Waals surface area contributed by atoms with Gasteiger partial charge in [-0.1, -0.05) is 47.5 Å². The summed E-state index contributed by atoms with van der Waals surface area (Å²) in [7, 11) is 0. The molecular weight excluding hydrogens is 356 g/mol. The van der Waals surface area contributed by atoms with Crippen molar-refractivity contribution in [2.24, 2.45) is 0 Å². The van der Waals surface area contributed by atoms with Crippen molar-refractivity contribution in [2.45, 2.75) is 19.9 Å². The Morgan fingerprint density at radius 2 is 1.68 bits per heavy atom. The van der Waals surface area contributed by atoms with E-state index in [-0.39, 0.29) is 29.4 Å². The number of anilines is 1. The van der Waals surface area contributed by atoms with Crippen LogP contribution in [0.2, 0.25) is 5.02 Å². The highest BCUT2D eigenvalue weighted by molar-refractivity contribution is 8.00. The number of halogens is 1. The zero-order valence-electron chi connectivity index (χ0n) is 14.2. The predicted molar refractivity (Wildman–Crippen MR) is 105 cm³/mol. The maximum atomic E-state index is 12.0. The Balaban J connectivity index is 1.72. The summed E-state index contributed by atoms with van der Waals surface area (Å²) in [5, 5.41) is 6.32. The predicted octanol–water partition coefficient (Wildman–Crippen LogP) is 4.20. The summed E-state index contributed by atoms with van der Waals surface area (Å²) in [6.07, 6.45) is 0. The van der Waals surface area contributed by atoms with Gasteiger partial charge >= 0.3 is 0 Å². The summed E-state index contributed by atoms with van der Waals surface area (Å²) in [4.78, 5) is 23.9. The molecule has 2 N–H and O–H groups in total. The van der Waals surface area contributed by atoms with E-state index in [2.05, 4.69) is 10.6 Å². The number of carbonyl (C=O) groups is 2. The molecule has 2 rings (SSSR count). The van der Waals surface area contributed by atoms with Gasteiger partial charge in [-0.2, -0.15) is 0 Å².